The van der Waals surface area contributed by atoms with Crippen LogP contribution >= 0.6 is 0 Å². The van der Waals surface area contributed by atoms with Crippen LogP contribution in [0.15, 0.2) is 48.1 Å². The first-order valence-electron chi connectivity index (χ1n) is 8.53. The maximum Gasteiger partial charge on any atom is 0.243 e. The molecule has 0 saturated heterocycles. The number of nitrogens with zero attached hydrogens (tertiary/aromatic N) is 6. The number of amides is 1. The zero-order valence-electron chi connectivity index (χ0n) is 15.0. The van der Waals surface area contributed by atoms with Gasteiger partial charge in [-0.15, -0.1) is 0 Å². The highest BCUT2D eigenvalue weighted by molar-refractivity contribution is 5.80. The number of halogens is 1. The molecule has 0 aromatic carbocycles. The molecule has 28 heavy (non-hydrogen) atoms. The summed E-state index contributed by atoms with van der Waals surface area (Å²) in [5.41, 5.74) is 1.50. The maximum atomic E-state index is 13.4. The summed E-state index contributed by atoms with van der Waals surface area (Å²) < 4.78 is 18.9. The summed E-state index contributed by atoms with van der Waals surface area (Å²) in [5, 5.41) is 14.3. The molecule has 0 N–H and O–H groups in total. The third-order valence-electron chi connectivity index (χ3n) is 4.07. The fourth-order valence-electron chi connectivity index (χ4n) is 2.67. The summed E-state index contributed by atoms with van der Waals surface area (Å²) in [4.78, 5) is 24.0. The van der Waals surface area contributed by atoms with Crippen molar-refractivity contribution in [3.8, 4) is 11.9 Å². The number of hydrazone groups is 1. The van der Waals surface area contributed by atoms with Crippen LogP contribution in [-0.2, 0) is 4.79 Å². The molecule has 0 spiro atoms. The van der Waals surface area contributed by atoms with Crippen LogP contribution in [0.25, 0.3) is 0 Å². The average molecular weight is 380 g/mol. The summed E-state index contributed by atoms with van der Waals surface area (Å²) >= 11 is 0. The molecule has 142 valence electrons. The Labute approximate surface area is 161 Å². The van der Waals surface area contributed by atoms with Crippen molar-refractivity contribution in [2.75, 3.05) is 6.61 Å². The Kier molecular flexibility index (Phi) is 6.01. The van der Waals surface area contributed by atoms with Gasteiger partial charge in [-0.05, 0) is 23.6 Å². The van der Waals surface area contributed by atoms with Crippen molar-refractivity contribution in [1.82, 2.24) is 20.0 Å². The normalized spacial score (nSPS) is 15.3. The second-order valence-electron chi connectivity index (χ2n) is 6.12. The molecule has 8 nitrogen and oxygen atoms in total. The minimum atomic E-state index is -0.452. The number of aromatic nitrogens is 3. The maximum absolute atomic E-state index is 13.4. The molecule has 0 aliphatic carbocycles. The SMILES string of the molecule is C=C(CCC(=O)N1N=CCC1c1cncc(F)c1)COc1cc(C#N)ncn1. The summed E-state index contributed by atoms with van der Waals surface area (Å²) in [6.07, 6.45) is 6.62. The number of hydrogen-bond acceptors (Lipinski definition) is 7. The molecule has 1 aliphatic heterocycles. The van der Waals surface area contributed by atoms with E-state index in [4.69, 9.17) is 10.00 Å². The fourth-order valence-corrected chi connectivity index (χ4v) is 2.67. The molecule has 3 heterocycles. The Morgan fingerprint density at radius 2 is 2.21 bits per heavy atom. The number of ether oxygens (including phenoxy) is 1. The van der Waals surface area contributed by atoms with E-state index >= 15 is 0 Å². The molecule has 1 aliphatic rings. The molecule has 0 fully saturated rings. The number of carbonyl (C=O) groups is 1. The van der Waals surface area contributed by atoms with E-state index < -0.39 is 5.82 Å². The molecule has 2 aromatic heterocycles. The highest BCUT2D eigenvalue weighted by Gasteiger charge is 2.28. The molecule has 0 bridgehead atoms. The molecule has 2 aromatic rings. The summed E-state index contributed by atoms with van der Waals surface area (Å²) in [6, 6.07) is 4.33. The van der Waals surface area contributed by atoms with Crippen molar-refractivity contribution in [2.45, 2.75) is 25.3 Å². The smallest absolute Gasteiger partial charge is 0.243 e. The highest BCUT2D eigenvalue weighted by atomic mass is 19.1. The highest BCUT2D eigenvalue weighted by Crippen LogP contribution is 2.29. The van der Waals surface area contributed by atoms with Gasteiger partial charge in [-0.1, -0.05) is 6.58 Å². The van der Waals surface area contributed by atoms with Crippen LogP contribution in [0, 0.1) is 17.1 Å². The van der Waals surface area contributed by atoms with Crippen LogP contribution < -0.4 is 4.74 Å². The Balaban J connectivity index is 1.51. The van der Waals surface area contributed by atoms with Gasteiger partial charge in [0.25, 0.3) is 0 Å². The van der Waals surface area contributed by atoms with E-state index in [1.807, 2.05) is 6.07 Å². The quantitative estimate of drug-likeness (QED) is 0.684. The molecule has 1 atom stereocenters. The zero-order chi connectivity index (χ0) is 19.9. The first-order chi connectivity index (χ1) is 13.6. The van der Waals surface area contributed by atoms with Crippen molar-refractivity contribution in [3.05, 3.63) is 60.1 Å². The molecule has 3 rings (SSSR count). The van der Waals surface area contributed by atoms with Gasteiger partial charge in [0.15, 0.2) is 0 Å². The third-order valence-corrected chi connectivity index (χ3v) is 4.07. The van der Waals surface area contributed by atoms with Crippen LogP contribution in [0.4, 0.5) is 4.39 Å². The molecule has 0 saturated carbocycles. The second-order valence-corrected chi connectivity index (χ2v) is 6.12. The van der Waals surface area contributed by atoms with Crippen LogP contribution in [0.3, 0.4) is 0 Å². The van der Waals surface area contributed by atoms with Crippen LogP contribution in [0.1, 0.15) is 36.6 Å². The van der Waals surface area contributed by atoms with Gasteiger partial charge in [0.05, 0.1) is 12.2 Å². The molecular formula is C19H17FN6O2. The minimum absolute atomic E-state index is 0.162. The van der Waals surface area contributed by atoms with E-state index in [1.54, 1.807) is 6.21 Å². The number of carbonyl (C=O) groups excluding carboxylic acids is 1. The first kappa shape index (κ1) is 19.1. The van der Waals surface area contributed by atoms with Crippen LogP contribution in [-0.4, -0.2) is 38.7 Å². The predicted molar refractivity (Wildman–Crippen MR) is 97.5 cm³/mol. The lowest BCUT2D eigenvalue weighted by Gasteiger charge is -2.22. The van der Waals surface area contributed by atoms with Crippen LogP contribution in [0.2, 0.25) is 0 Å². The lowest BCUT2D eigenvalue weighted by atomic mass is 10.1. The van der Waals surface area contributed by atoms with E-state index in [2.05, 4.69) is 26.6 Å². The molecular weight excluding hydrogens is 363 g/mol. The minimum Gasteiger partial charge on any atom is -0.473 e. The predicted octanol–water partition coefficient (Wildman–Crippen LogP) is 2.56. The summed E-state index contributed by atoms with van der Waals surface area (Å²) in [5.74, 6) is -0.383. The van der Waals surface area contributed by atoms with Gasteiger partial charge < -0.3 is 4.74 Å². The van der Waals surface area contributed by atoms with Gasteiger partial charge in [0.2, 0.25) is 11.8 Å². The van der Waals surface area contributed by atoms with Gasteiger partial charge >= 0.3 is 0 Å². The van der Waals surface area contributed by atoms with E-state index in [-0.39, 0.29) is 36.6 Å². The first-order valence-corrected chi connectivity index (χ1v) is 8.53. The average Bonchev–Trinajstić information content (AvgIpc) is 3.20. The lowest BCUT2D eigenvalue weighted by Crippen LogP contribution is -2.27. The van der Waals surface area contributed by atoms with E-state index in [0.29, 0.717) is 24.0 Å². The van der Waals surface area contributed by atoms with E-state index in [0.717, 1.165) is 6.20 Å². The number of rotatable bonds is 7. The molecule has 0 radical (unpaired) electrons. The van der Waals surface area contributed by atoms with Crippen molar-refractivity contribution in [1.29, 1.82) is 5.26 Å². The van der Waals surface area contributed by atoms with Crippen molar-refractivity contribution in [2.24, 2.45) is 5.10 Å². The zero-order valence-corrected chi connectivity index (χ0v) is 15.0. The largest absolute Gasteiger partial charge is 0.473 e. The van der Waals surface area contributed by atoms with Gasteiger partial charge in [0.1, 0.15) is 30.5 Å². The number of hydrogen-bond donors (Lipinski definition) is 0. The van der Waals surface area contributed by atoms with E-state index in [9.17, 15) is 9.18 Å². The van der Waals surface area contributed by atoms with Crippen molar-refractivity contribution in [3.63, 3.8) is 0 Å². The monoisotopic (exact) mass is 380 g/mol. The standard InChI is InChI=1S/C19H17FN6O2/c1-13(11-28-18-7-16(8-21)23-12-24-18)2-3-19(27)26-17(4-5-25-26)14-6-15(20)10-22-9-14/h5-7,9-10,12,17H,1-4,11H2. The molecule has 1 unspecified atom stereocenters. The van der Waals surface area contributed by atoms with Crippen molar-refractivity contribution >= 4 is 12.1 Å². The Morgan fingerprint density at radius 1 is 1.36 bits per heavy atom. The Hall–Kier alpha value is -3.67. The van der Waals surface area contributed by atoms with Gasteiger partial charge in [0, 0.05) is 31.3 Å². The molecule has 1 amide bonds. The van der Waals surface area contributed by atoms with Crippen molar-refractivity contribution < 1.29 is 13.9 Å². The van der Waals surface area contributed by atoms with Gasteiger partial charge in [-0.2, -0.15) is 10.4 Å². The van der Waals surface area contributed by atoms with Gasteiger partial charge in [-0.3, -0.25) is 9.78 Å². The van der Waals surface area contributed by atoms with Crippen LogP contribution in [0.5, 0.6) is 5.88 Å². The fraction of sp³-hybridized carbons (Fsp3) is 0.263. The number of nitriles is 1. The Morgan fingerprint density at radius 3 is 3.00 bits per heavy atom. The Bertz CT molecular complexity index is 955. The topological polar surface area (TPSA) is 104 Å². The second kappa shape index (κ2) is 8.81. The van der Waals surface area contributed by atoms with E-state index in [1.165, 1.54) is 29.7 Å². The summed E-state index contributed by atoms with van der Waals surface area (Å²) in [7, 11) is 0. The summed E-state index contributed by atoms with van der Waals surface area (Å²) in [6.45, 7) is 4.06. The molecule has 9 heteroatoms. The lowest BCUT2D eigenvalue weighted by molar-refractivity contribution is -0.133. The van der Waals surface area contributed by atoms with Gasteiger partial charge in [-0.25, -0.2) is 19.4 Å². The number of pyridine rings is 1. The third kappa shape index (κ3) is 4.73.